The number of hydrogen-bond acceptors (Lipinski definition) is 5. The van der Waals surface area contributed by atoms with E-state index >= 15 is 0 Å². The lowest BCUT2D eigenvalue weighted by Crippen LogP contribution is -2.54. The second-order valence-corrected chi connectivity index (χ2v) is 11.1. The molecular formula is C30H39N3O3. The number of benzene rings is 2. The zero-order valence-corrected chi connectivity index (χ0v) is 21.9. The average Bonchev–Trinajstić information content (AvgIpc) is 3.68. The Labute approximate surface area is 214 Å². The molecule has 192 valence electrons. The minimum absolute atomic E-state index is 0.0663. The van der Waals surface area contributed by atoms with E-state index in [1.165, 1.54) is 47.1 Å². The Balaban J connectivity index is 1.45. The van der Waals surface area contributed by atoms with Crippen LogP contribution in [0.4, 0.5) is 0 Å². The number of hydrogen-bond donors (Lipinski definition) is 1. The van der Waals surface area contributed by atoms with Gasteiger partial charge in [-0.25, -0.2) is 0 Å². The molecule has 2 fully saturated rings. The number of aliphatic hydroxyl groups is 1. The Morgan fingerprint density at radius 1 is 1.03 bits per heavy atom. The van der Waals surface area contributed by atoms with Crippen LogP contribution in [0.25, 0.3) is 10.9 Å². The summed E-state index contributed by atoms with van der Waals surface area (Å²) in [5.74, 6) is 2.71. The molecule has 0 unspecified atom stereocenters. The summed E-state index contributed by atoms with van der Waals surface area (Å²) < 4.78 is 13.6. The number of aliphatic hydroxyl groups excluding tert-OH is 1. The van der Waals surface area contributed by atoms with E-state index in [2.05, 4.69) is 51.7 Å². The van der Waals surface area contributed by atoms with E-state index in [4.69, 9.17) is 9.47 Å². The van der Waals surface area contributed by atoms with Gasteiger partial charge in [0.1, 0.15) is 11.5 Å². The van der Waals surface area contributed by atoms with Gasteiger partial charge in [-0.2, -0.15) is 0 Å². The van der Waals surface area contributed by atoms with Crippen molar-refractivity contribution in [2.75, 3.05) is 47.0 Å². The van der Waals surface area contributed by atoms with E-state index in [1.807, 2.05) is 12.1 Å². The molecule has 0 radical (unpaired) electrons. The van der Waals surface area contributed by atoms with Gasteiger partial charge in [0.25, 0.3) is 0 Å². The van der Waals surface area contributed by atoms with Gasteiger partial charge in [0.15, 0.2) is 0 Å². The SMILES string of the molecule is COc1ccc2c3c(n(C)c2c1)[C@@H](CO)N(Cc1ccccc1OC)CC31CCN(CC2CC2)CC1. The van der Waals surface area contributed by atoms with E-state index < -0.39 is 0 Å². The number of aryl methyl sites for hydroxylation is 1. The first-order valence-corrected chi connectivity index (χ1v) is 13.4. The van der Waals surface area contributed by atoms with E-state index in [-0.39, 0.29) is 18.1 Å². The third-order valence-corrected chi connectivity index (χ3v) is 9.01. The molecule has 3 heterocycles. The van der Waals surface area contributed by atoms with Crippen LogP contribution in [0.1, 0.15) is 48.5 Å². The molecule has 0 amide bonds. The fraction of sp³-hybridized carbons (Fsp3) is 0.533. The highest BCUT2D eigenvalue weighted by molar-refractivity contribution is 5.88. The van der Waals surface area contributed by atoms with Crippen LogP contribution in [0.2, 0.25) is 0 Å². The molecule has 2 aromatic carbocycles. The van der Waals surface area contributed by atoms with Gasteiger partial charge in [0.05, 0.1) is 32.4 Å². The van der Waals surface area contributed by atoms with Gasteiger partial charge >= 0.3 is 0 Å². The van der Waals surface area contributed by atoms with Crippen molar-refractivity contribution >= 4 is 10.9 Å². The summed E-state index contributed by atoms with van der Waals surface area (Å²) in [6.45, 7) is 5.36. The number of fused-ring (bicyclic) bond motifs is 4. The van der Waals surface area contributed by atoms with Gasteiger partial charge < -0.3 is 24.0 Å². The van der Waals surface area contributed by atoms with Crippen LogP contribution < -0.4 is 9.47 Å². The number of likely N-dealkylation sites (tertiary alicyclic amines) is 1. The second kappa shape index (κ2) is 9.40. The summed E-state index contributed by atoms with van der Waals surface area (Å²) in [5, 5.41) is 12.1. The number of piperidine rings is 1. The number of nitrogens with zero attached hydrogens (tertiary/aromatic N) is 3. The Bertz CT molecular complexity index is 1240. The van der Waals surface area contributed by atoms with Crippen molar-refractivity contribution < 1.29 is 14.6 Å². The molecular weight excluding hydrogens is 450 g/mol. The van der Waals surface area contributed by atoms with E-state index in [0.717, 1.165) is 56.4 Å². The fourth-order valence-corrected chi connectivity index (χ4v) is 6.92. The van der Waals surface area contributed by atoms with Crippen molar-refractivity contribution in [2.45, 2.75) is 43.7 Å². The van der Waals surface area contributed by atoms with E-state index in [1.54, 1.807) is 14.2 Å². The predicted octanol–water partition coefficient (Wildman–Crippen LogP) is 4.49. The minimum atomic E-state index is -0.0663. The quantitative estimate of drug-likeness (QED) is 0.530. The van der Waals surface area contributed by atoms with Gasteiger partial charge in [-0.3, -0.25) is 4.90 Å². The zero-order chi connectivity index (χ0) is 24.9. The first-order valence-electron chi connectivity index (χ1n) is 13.4. The molecule has 1 atom stereocenters. The summed E-state index contributed by atoms with van der Waals surface area (Å²) in [4.78, 5) is 5.20. The molecule has 1 saturated heterocycles. The predicted molar refractivity (Wildman–Crippen MR) is 143 cm³/mol. The van der Waals surface area contributed by atoms with Gasteiger partial charge in [0.2, 0.25) is 0 Å². The van der Waals surface area contributed by atoms with Crippen LogP contribution in [0.15, 0.2) is 42.5 Å². The maximum atomic E-state index is 10.8. The molecule has 6 rings (SSSR count). The van der Waals surface area contributed by atoms with Gasteiger partial charge in [0, 0.05) is 54.8 Å². The van der Waals surface area contributed by atoms with Gasteiger partial charge in [-0.15, -0.1) is 0 Å². The first kappa shape index (κ1) is 23.8. The lowest BCUT2D eigenvalue weighted by atomic mass is 9.68. The number of aromatic nitrogens is 1. The van der Waals surface area contributed by atoms with Crippen LogP contribution in [0.5, 0.6) is 11.5 Å². The summed E-state index contributed by atoms with van der Waals surface area (Å²) in [5.41, 5.74) is 5.15. The molecule has 36 heavy (non-hydrogen) atoms. The smallest absolute Gasteiger partial charge is 0.123 e. The van der Waals surface area contributed by atoms with Crippen molar-refractivity contribution in [3.63, 3.8) is 0 Å². The van der Waals surface area contributed by atoms with Crippen molar-refractivity contribution in [3.05, 3.63) is 59.3 Å². The Kier molecular flexibility index (Phi) is 6.22. The zero-order valence-electron chi connectivity index (χ0n) is 21.9. The number of para-hydroxylation sites is 1. The highest BCUT2D eigenvalue weighted by Crippen LogP contribution is 2.50. The summed E-state index contributed by atoms with van der Waals surface area (Å²) in [7, 11) is 5.63. The number of rotatable bonds is 7. The summed E-state index contributed by atoms with van der Waals surface area (Å²) >= 11 is 0. The Hall–Kier alpha value is -2.54. The Morgan fingerprint density at radius 3 is 2.50 bits per heavy atom. The molecule has 3 aliphatic rings. The Morgan fingerprint density at radius 2 is 1.81 bits per heavy atom. The highest BCUT2D eigenvalue weighted by Gasteiger charge is 2.48. The highest BCUT2D eigenvalue weighted by atomic mass is 16.5. The molecule has 6 nitrogen and oxygen atoms in total. The van der Waals surface area contributed by atoms with Crippen LogP contribution in [0.3, 0.4) is 0 Å². The molecule has 1 N–H and O–H groups in total. The fourth-order valence-electron chi connectivity index (χ4n) is 6.92. The molecule has 6 heteroatoms. The summed E-state index contributed by atoms with van der Waals surface area (Å²) in [6, 6.07) is 14.7. The van der Waals surface area contributed by atoms with Gasteiger partial charge in [-0.05, 0) is 68.5 Å². The number of ether oxygens (including phenoxy) is 2. The molecule has 1 spiro atoms. The molecule has 3 aromatic rings. The maximum absolute atomic E-state index is 10.8. The van der Waals surface area contributed by atoms with Crippen LogP contribution in [-0.4, -0.2) is 66.5 Å². The first-order chi connectivity index (χ1) is 17.6. The maximum Gasteiger partial charge on any atom is 0.123 e. The van der Waals surface area contributed by atoms with E-state index in [9.17, 15) is 5.11 Å². The van der Waals surface area contributed by atoms with Crippen molar-refractivity contribution in [2.24, 2.45) is 13.0 Å². The van der Waals surface area contributed by atoms with E-state index in [0.29, 0.717) is 0 Å². The molecule has 2 aliphatic heterocycles. The normalized spacial score (nSPS) is 22.2. The second-order valence-electron chi connectivity index (χ2n) is 11.1. The van der Waals surface area contributed by atoms with Crippen molar-refractivity contribution in [1.29, 1.82) is 0 Å². The third kappa shape index (κ3) is 4.00. The van der Waals surface area contributed by atoms with Crippen LogP contribution in [-0.2, 0) is 19.0 Å². The van der Waals surface area contributed by atoms with Crippen molar-refractivity contribution in [1.82, 2.24) is 14.4 Å². The van der Waals surface area contributed by atoms with Crippen molar-refractivity contribution in [3.8, 4) is 11.5 Å². The third-order valence-electron chi connectivity index (χ3n) is 9.01. The summed E-state index contributed by atoms with van der Waals surface area (Å²) in [6.07, 6.45) is 5.11. The molecule has 1 aromatic heterocycles. The lowest BCUT2D eigenvalue weighted by molar-refractivity contribution is 0.0404. The minimum Gasteiger partial charge on any atom is -0.497 e. The largest absolute Gasteiger partial charge is 0.497 e. The van der Waals surface area contributed by atoms with Crippen LogP contribution >= 0.6 is 0 Å². The van der Waals surface area contributed by atoms with Crippen LogP contribution in [0, 0.1) is 5.92 Å². The lowest BCUT2D eigenvalue weighted by Gasteiger charge is -2.50. The van der Waals surface area contributed by atoms with Gasteiger partial charge in [-0.1, -0.05) is 18.2 Å². The monoisotopic (exact) mass is 489 g/mol. The molecule has 0 bridgehead atoms. The molecule has 1 saturated carbocycles. The standard InChI is InChI=1S/C30H39N3O3/c1-31-25-16-23(35-2)10-11-24(25)28-29(31)26(19-34)33(18-22-6-4-5-7-27(22)36-3)20-30(28)12-14-32(15-13-30)17-21-8-9-21/h4-7,10-11,16,21,26,34H,8-9,12-15,17-20H2,1-3H3/t26-/m1/s1. The molecule has 1 aliphatic carbocycles. The number of methoxy groups -OCH3 is 2. The average molecular weight is 490 g/mol. The topological polar surface area (TPSA) is 50.1 Å².